The van der Waals surface area contributed by atoms with Gasteiger partial charge >= 0.3 is 0 Å². The Balaban J connectivity index is 2.23. The zero-order valence-electron chi connectivity index (χ0n) is 10.1. The number of anilines is 1. The molecular weight excluding hydrogens is 312 g/mol. The van der Waals surface area contributed by atoms with Crippen molar-refractivity contribution < 1.29 is 14.6 Å². The second kappa shape index (κ2) is 5.71. The van der Waals surface area contributed by atoms with Gasteiger partial charge in [0, 0.05) is 0 Å². The van der Waals surface area contributed by atoms with E-state index in [0.717, 1.165) is 0 Å². The van der Waals surface area contributed by atoms with Gasteiger partial charge in [-0.2, -0.15) is 0 Å². The summed E-state index contributed by atoms with van der Waals surface area (Å²) in [6.45, 7) is 0. The van der Waals surface area contributed by atoms with Crippen LogP contribution in [0.2, 0.25) is 0 Å². The van der Waals surface area contributed by atoms with Gasteiger partial charge in [-0.3, -0.25) is 4.79 Å². The first-order chi connectivity index (χ1) is 9.11. The number of carbonyl (C=O) groups excluding carboxylic acids is 1. The molecule has 2 aromatic rings. The van der Waals surface area contributed by atoms with Gasteiger partial charge in [-0.05, 0) is 40.2 Å². The van der Waals surface area contributed by atoms with Gasteiger partial charge in [-0.15, -0.1) is 0 Å². The molecule has 0 atom stereocenters. The second-order valence-electron chi connectivity index (χ2n) is 3.68. The highest BCUT2D eigenvalue weighted by atomic mass is 79.9. The fraction of sp³-hybridized carbons (Fsp3) is 0.0769. The number of ether oxygens (including phenoxy) is 1. The fourth-order valence-electron chi connectivity index (χ4n) is 1.52. The smallest absolute Gasteiger partial charge is 0.259 e. The molecule has 2 N–H and O–H groups in total. The Bertz CT molecular complexity index is 599. The van der Waals surface area contributed by atoms with Gasteiger partial charge in [-0.25, -0.2) is 4.98 Å². The Kier molecular flexibility index (Phi) is 4.01. The SMILES string of the molecule is COc1cccc(C(=O)Nc2ccc(Br)nc2)c1O. The van der Waals surface area contributed by atoms with Gasteiger partial charge in [-0.1, -0.05) is 6.07 Å². The first-order valence-corrected chi connectivity index (χ1v) is 6.20. The number of phenols is 1. The third-order valence-electron chi connectivity index (χ3n) is 2.45. The predicted octanol–water partition coefficient (Wildman–Crippen LogP) is 2.81. The van der Waals surface area contributed by atoms with Crippen molar-refractivity contribution in [3.63, 3.8) is 0 Å². The summed E-state index contributed by atoms with van der Waals surface area (Å²) < 4.78 is 5.63. The highest BCUT2D eigenvalue weighted by Crippen LogP contribution is 2.29. The molecule has 19 heavy (non-hydrogen) atoms. The first kappa shape index (κ1) is 13.4. The molecule has 0 fully saturated rings. The van der Waals surface area contributed by atoms with Crippen LogP contribution in [0.25, 0.3) is 0 Å². The average Bonchev–Trinajstić information content (AvgIpc) is 2.41. The van der Waals surface area contributed by atoms with Crippen molar-refractivity contribution in [3.8, 4) is 11.5 Å². The number of pyridine rings is 1. The number of para-hydroxylation sites is 1. The number of amides is 1. The Morgan fingerprint density at radius 1 is 1.37 bits per heavy atom. The number of benzene rings is 1. The molecule has 0 saturated carbocycles. The number of hydrogen-bond acceptors (Lipinski definition) is 4. The number of aromatic nitrogens is 1. The lowest BCUT2D eigenvalue weighted by Gasteiger charge is -2.09. The predicted molar refractivity (Wildman–Crippen MR) is 74.5 cm³/mol. The van der Waals surface area contributed by atoms with Crippen LogP contribution in [-0.4, -0.2) is 23.1 Å². The minimum Gasteiger partial charge on any atom is -0.504 e. The molecule has 0 saturated heterocycles. The van der Waals surface area contributed by atoms with E-state index in [1.54, 1.807) is 24.3 Å². The monoisotopic (exact) mass is 322 g/mol. The first-order valence-electron chi connectivity index (χ1n) is 5.40. The molecule has 0 aliphatic carbocycles. The van der Waals surface area contributed by atoms with Gasteiger partial charge in [0.05, 0.1) is 24.6 Å². The molecule has 5 nitrogen and oxygen atoms in total. The van der Waals surface area contributed by atoms with Crippen LogP contribution in [0.15, 0.2) is 41.1 Å². The molecule has 1 aromatic heterocycles. The zero-order valence-corrected chi connectivity index (χ0v) is 11.6. The Morgan fingerprint density at radius 2 is 2.16 bits per heavy atom. The van der Waals surface area contributed by atoms with E-state index >= 15 is 0 Å². The Hall–Kier alpha value is -2.08. The van der Waals surface area contributed by atoms with Crippen LogP contribution >= 0.6 is 15.9 Å². The number of rotatable bonds is 3. The van der Waals surface area contributed by atoms with Crippen LogP contribution in [0.3, 0.4) is 0 Å². The number of nitrogens with zero attached hydrogens (tertiary/aromatic N) is 1. The summed E-state index contributed by atoms with van der Waals surface area (Å²) >= 11 is 3.21. The van der Waals surface area contributed by atoms with E-state index in [0.29, 0.717) is 10.3 Å². The summed E-state index contributed by atoms with van der Waals surface area (Å²) in [6, 6.07) is 8.13. The molecular formula is C13H11BrN2O3. The van der Waals surface area contributed by atoms with Gasteiger partial charge in [0.2, 0.25) is 0 Å². The molecule has 1 heterocycles. The summed E-state index contributed by atoms with van der Waals surface area (Å²) in [4.78, 5) is 16.0. The molecule has 0 unspecified atom stereocenters. The summed E-state index contributed by atoms with van der Waals surface area (Å²) in [6.07, 6.45) is 1.51. The molecule has 6 heteroatoms. The van der Waals surface area contributed by atoms with E-state index in [1.807, 2.05) is 0 Å². The van der Waals surface area contributed by atoms with E-state index in [-0.39, 0.29) is 17.1 Å². The summed E-state index contributed by atoms with van der Waals surface area (Å²) in [5.74, 6) is -0.366. The molecule has 2 rings (SSSR count). The maximum Gasteiger partial charge on any atom is 0.259 e. The van der Waals surface area contributed by atoms with E-state index < -0.39 is 5.91 Å². The van der Waals surface area contributed by atoms with Crippen LogP contribution < -0.4 is 10.1 Å². The highest BCUT2D eigenvalue weighted by molar-refractivity contribution is 9.10. The van der Waals surface area contributed by atoms with Crippen LogP contribution in [-0.2, 0) is 0 Å². The molecule has 0 aliphatic rings. The molecule has 0 bridgehead atoms. The van der Waals surface area contributed by atoms with Crippen molar-refractivity contribution in [1.82, 2.24) is 4.98 Å². The summed E-state index contributed by atoms with van der Waals surface area (Å²) in [7, 11) is 1.43. The van der Waals surface area contributed by atoms with Crippen molar-refractivity contribution in [2.75, 3.05) is 12.4 Å². The van der Waals surface area contributed by atoms with Crippen molar-refractivity contribution in [1.29, 1.82) is 0 Å². The number of phenolic OH excluding ortho intramolecular Hbond substituents is 1. The number of carbonyl (C=O) groups is 1. The third-order valence-corrected chi connectivity index (χ3v) is 2.92. The van der Waals surface area contributed by atoms with Crippen LogP contribution in [0.1, 0.15) is 10.4 Å². The molecule has 98 valence electrons. The molecule has 1 amide bonds. The Labute approximate surface area is 118 Å². The minimum absolute atomic E-state index is 0.141. The van der Waals surface area contributed by atoms with E-state index in [9.17, 15) is 9.90 Å². The van der Waals surface area contributed by atoms with E-state index in [4.69, 9.17) is 4.74 Å². The van der Waals surface area contributed by atoms with Crippen LogP contribution in [0.5, 0.6) is 11.5 Å². The van der Waals surface area contributed by atoms with Gasteiger partial charge < -0.3 is 15.2 Å². The minimum atomic E-state index is -0.430. The van der Waals surface area contributed by atoms with Crippen molar-refractivity contribution in [3.05, 3.63) is 46.7 Å². The maximum atomic E-state index is 12.0. The van der Waals surface area contributed by atoms with Crippen LogP contribution in [0, 0.1) is 0 Å². The maximum absolute atomic E-state index is 12.0. The molecule has 0 spiro atoms. The largest absolute Gasteiger partial charge is 0.504 e. The quantitative estimate of drug-likeness (QED) is 0.852. The second-order valence-corrected chi connectivity index (χ2v) is 4.49. The van der Waals surface area contributed by atoms with Gasteiger partial charge in [0.1, 0.15) is 4.60 Å². The lowest BCUT2D eigenvalue weighted by atomic mass is 10.1. The third kappa shape index (κ3) is 3.03. The van der Waals surface area contributed by atoms with Gasteiger partial charge in [0.15, 0.2) is 11.5 Å². The average molecular weight is 323 g/mol. The number of nitrogens with one attached hydrogen (secondary N) is 1. The topological polar surface area (TPSA) is 71.5 Å². The number of halogens is 1. The number of aromatic hydroxyl groups is 1. The van der Waals surface area contributed by atoms with Crippen molar-refractivity contribution in [2.24, 2.45) is 0 Å². The zero-order chi connectivity index (χ0) is 13.8. The molecule has 0 aliphatic heterocycles. The van der Waals surface area contributed by atoms with Crippen molar-refractivity contribution in [2.45, 2.75) is 0 Å². The fourth-order valence-corrected chi connectivity index (χ4v) is 1.75. The normalized spacial score (nSPS) is 10.0. The molecule has 0 radical (unpaired) electrons. The number of methoxy groups -OCH3 is 1. The van der Waals surface area contributed by atoms with Gasteiger partial charge in [0.25, 0.3) is 5.91 Å². The standard InChI is InChI=1S/C13H11BrN2O3/c1-19-10-4-2-3-9(12(10)17)13(18)16-8-5-6-11(14)15-7-8/h2-7,17H,1H3,(H,16,18). The number of hydrogen-bond donors (Lipinski definition) is 2. The summed E-state index contributed by atoms with van der Waals surface area (Å²) in [5.41, 5.74) is 0.678. The highest BCUT2D eigenvalue weighted by Gasteiger charge is 2.14. The summed E-state index contributed by atoms with van der Waals surface area (Å²) in [5, 5.41) is 12.5. The van der Waals surface area contributed by atoms with Crippen molar-refractivity contribution >= 4 is 27.5 Å². The van der Waals surface area contributed by atoms with E-state index in [2.05, 4.69) is 26.2 Å². The lowest BCUT2D eigenvalue weighted by Crippen LogP contribution is -2.12. The van der Waals surface area contributed by atoms with Crippen LogP contribution in [0.4, 0.5) is 5.69 Å². The molecule has 1 aromatic carbocycles. The lowest BCUT2D eigenvalue weighted by molar-refractivity contribution is 0.102. The van der Waals surface area contributed by atoms with E-state index in [1.165, 1.54) is 19.4 Å². The Morgan fingerprint density at radius 3 is 2.79 bits per heavy atom.